The summed E-state index contributed by atoms with van der Waals surface area (Å²) in [6.07, 6.45) is -3.70. The molecule has 0 amide bonds. The number of rotatable bonds is 5. The van der Waals surface area contributed by atoms with Crippen LogP contribution in [-0.4, -0.2) is 26.3 Å². The minimum absolute atomic E-state index is 0.479. The number of alkyl halides is 2. The summed E-state index contributed by atoms with van der Waals surface area (Å²) in [4.78, 5) is 1.53. The van der Waals surface area contributed by atoms with Crippen LogP contribution in [0, 0.1) is 0 Å². The molecule has 0 aliphatic heterocycles. The van der Waals surface area contributed by atoms with Crippen molar-refractivity contribution in [3.05, 3.63) is 30.3 Å². The zero-order valence-electron chi connectivity index (χ0n) is 8.86. The second-order valence-electron chi connectivity index (χ2n) is 3.08. The molecule has 84 valence electrons. The van der Waals surface area contributed by atoms with Crippen LogP contribution in [-0.2, 0) is 4.74 Å². The molecule has 0 spiro atoms. The number of methoxy groups -OCH3 is 1. The van der Waals surface area contributed by atoms with Crippen LogP contribution in [0.5, 0.6) is 0 Å². The van der Waals surface area contributed by atoms with Gasteiger partial charge in [0.25, 0.3) is 6.43 Å². The lowest BCUT2D eigenvalue weighted by Crippen LogP contribution is -2.41. The Morgan fingerprint density at radius 1 is 1.27 bits per heavy atom. The lowest BCUT2D eigenvalue weighted by molar-refractivity contribution is -0.0329. The Labute approximate surface area is 88.5 Å². The van der Waals surface area contributed by atoms with Crippen molar-refractivity contribution in [1.82, 2.24) is 0 Å². The molecule has 0 bridgehead atoms. The zero-order chi connectivity index (χ0) is 11.3. The lowest BCUT2D eigenvalue weighted by Gasteiger charge is -2.30. The van der Waals surface area contributed by atoms with Gasteiger partial charge in [0.2, 0.25) is 0 Å². The van der Waals surface area contributed by atoms with E-state index in [1.807, 2.05) is 25.1 Å². The van der Waals surface area contributed by atoms with Crippen LogP contribution < -0.4 is 4.90 Å². The number of nitrogens with zero attached hydrogens (tertiary/aromatic N) is 1. The first-order valence-corrected chi connectivity index (χ1v) is 4.83. The number of hydrogen-bond acceptors (Lipinski definition) is 2. The highest BCUT2D eigenvalue weighted by Crippen LogP contribution is 2.20. The third-order valence-electron chi connectivity index (χ3n) is 2.19. The van der Waals surface area contributed by atoms with Crippen molar-refractivity contribution < 1.29 is 13.5 Å². The van der Waals surface area contributed by atoms with Crippen molar-refractivity contribution in [1.29, 1.82) is 0 Å². The summed E-state index contributed by atoms with van der Waals surface area (Å²) in [6.45, 7) is 2.30. The molecule has 1 unspecified atom stereocenters. The molecule has 0 aromatic heterocycles. The predicted molar refractivity (Wildman–Crippen MR) is 56.3 cm³/mol. The third-order valence-corrected chi connectivity index (χ3v) is 2.19. The minimum atomic E-state index is -2.52. The quantitative estimate of drug-likeness (QED) is 0.700. The highest BCUT2D eigenvalue weighted by Gasteiger charge is 2.26. The van der Waals surface area contributed by atoms with Gasteiger partial charge in [0.1, 0.15) is 0 Å². The normalized spacial score (nSPS) is 12.9. The summed E-state index contributed by atoms with van der Waals surface area (Å²) < 4.78 is 30.1. The molecule has 0 radical (unpaired) electrons. The molecule has 2 nitrogen and oxygen atoms in total. The second kappa shape index (κ2) is 5.66. The van der Waals surface area contributed by atoms with E-state index in [1.54, 1.807) is 12.1 Å². The van der Waals surface area contributed by atoms with E-state index in [-0.39, 0.29) is 0 Å². The standard InChI is InChI=1S/C11H15F2NO/c1-3-14(11(15-2)10(12)13)9-7-5-4-6-8-9/h4-8,10-11H,3H2,1-2H3. The molecule has 1 rings (SSSR count). The monoisotopic (exact) mass is 215 g/mol. The molecule has 15 heavy (non-hydrogen) atoms. The molecule has 0 aliphatic rings. The Balaban J connectivity index is 2.87. The number of ether oxygens (including phenoxy) is 1. The van der Waals surface area contributed by atoms with Gasteiger partial charge in [-0.2, -0.15) is 0 Å². The van der Waals surface area contributed by atoms with E-state index >= 15 is 0 Å². The summed E-state index contributed by atoms with van der Waals surface area (Å²) in [5.41, 5.74) is 0.743. The van der Waals surface area contributed by atoms with E-state index in [2.05, 4.69) is 0 Å². The van der Waals surface area contributed by atoms with Crippen LogP contribution in [0.15, 0.2) is 30.3 Å². The van der Waals surface area contributed by atoms with Crippen molar-refractivity contribution in [3.63, 3.8) is 0 Å². The fraction of sp³-hybridized carbons (Fsp3) is 0.455. The molecule has 0 N–H and O–H groups in total. The minimum Gasteiger partial charge on any atom is -0.356 e. The van der Waals surface area contributed by atoms with Gasteiger partial charge in [0.05, 0.1) is 0 Å². The molecule has 0 heterocycles. The third kappa shape index (κ3) is 2.89. The van der Waals surface area contributed by atoms with E-state index in [4.69, 9.17) is 4.74 Å². The SMILES string of the molecule is CCN(c1ccccc1)C(OC)C(F)F. The van der Waals surface area contributed by atoms with E-state index in [0.29, 0.717) is 6.54 Å². The van der Waals surface area contributed by atoms with Crippen LogP contribution in [0.4, 0.5) is 14.5 Å². The summed E-state index contributed by atoms with van der Waals surface area (Å²) in [6, 6.07) is 9.06. The van der Waals surface area contributed by atoms with Gasteiger partial charge in [0.15, 0.2) is 6.23 Å². The Kier molecular flexibility index (Phi) is 4.49. The smallest absolute Gasteiger partial charge is 0.282 e. The molecule has 0 aliphatic carbocycles. The van der Waals surface area contributed by atoms with Crippen LogP contribution in [0.2, 0.25) is 0 Å². The van der Waals surface area contributed by atoms with E-state index < -0.39 is 12.7 Å². The van der Waals surface area contributed by atoms with Gasteiger partial charge < -0.3 is 9.64 Å². The van der Waals surface area contributed by atoms with Crippen LogP contribution >= 0.6 is 0 Å². The first kappa shape index (κ1) is 11.9. The van der Waals surface area contributed by atoms with E-state index in [9.17, 15) is 8.78 Å². The van der Waals surface area contributed by atoms with Crippen molar-refractivity contribution in [2.75, 3.05) is 18.6 Å². The number of anilines is 1. The maximum Gasteiger partial charge on any atom is 0.282 e. The van der Waals surface area contributed by atoms with Gasteiger partial charge >= 0.3 is 0 Å². The van der Waals surface area contributed by atoms with Crippen molar-refractivity contribution in [2.45, 2.75) is 19.6 Å². The fourth-order valence-electron chi connectivity index (χ4n) is 1.50. The zero-order valence-corrected chi connectivity index (χ0v) is 8.86. The molecular weight excluding hydrogens is 200 g/mol. The largest absolute Gasteiger partial charge is 0.356 e. The predicted octanol–water partition coefficient (Wildman–Crippen LogP) is 2.75. The molecule has 4 heteroatoms. The van der Waals surface area contributed by atoms with Crippen molar-refractivity contribution >= 4 is 5.69 Å². The average molecular weight is 215 g/mol. The van der Waals surface area contributed by atoms with Gasteiger partial charge in [-0.15, -0.1) is 0 Å². The molecular formula is C11H15F2NO. The molecule has 0 fully saturated rings. The van der Waals surface area contributed by atoms with Crippen LogP contribution in [0.3, 0.4) is 0 Å². The molecule has 0 saturated carbocycles. The summed E-state index contributed by atoms with van der Waals surface area (Å²) in [7, 11) is 1.29. The Morgan fingerprint density at radius 3 is 2.27 bits per heavy atom. The van der Waals surface area contributed by atoms with E-state index in [1.165, 1.54) is 12.0 Å². The van der Waals surface area contributed by atoms with Gasteiger partial charge in [-0.25, -0.2) is 8.78 Å². The average Bonchev–Trinajstić information content (AvgIpc) is 2.26. The highest BCUT2D eigenvalue weighted by atomic mass is 19.3. The molecule has 1 aromatic carbocycles. The Bertz CT molecular complexity index is 279. The first-order chi connectivity index (χ1) is 7.20. The summed E-state index contributed by atoms with van der Waals surface area (Å²) in [5, 5.41) is 0. The molecule has 1 atom stereocenters. The maximum absolute atomic E-state index is 12.7. The van der Waals surface area contributed by atoms with Crippen molar-refractivity contribution in [2.24, 2.45) is 0 Å². The highest BCUT2D eigenvalue weighted by molar-refractivity contribution is 5.46. The van der Waals surface area contributed by atoms with Crippen molar-refractivity contribution in [3.8, 4) is 0 Å². The van der Waals surface area contributed by atoms with Gasteiger partial charge in [-0.05, 0) is 19.1 Å². The first-order valence-electron chi connectivity index (χ1n) is 4.83. The number of hydrogen-bond donors (Lipinski definition) is 0. The Morgan fingerprint density at radius 2 is 1.87 bits per heavy atom. The number of benzene rings is 1. The number of para-hydroxylation sites is 1. The topological polar surface area (TPSA) is 12.5 Å². The van der Waals surface area contributed by atoms with E-state index in [0.717, 1.165) is 5.69 Å². The number of halogens is 2. The Hall–Kier alpha value is -1.16. The molecule has 1 aromatic rings. The van der Waals surface area contributed by atoms with Gasteiger partial charge in [-0.1, -0.05) is 18.2 Å². The summed E-state index contributed by atoms with van der Waals surface area (Å²) >= 11 is 0. The van der Waals surface area contributed by atoms with Crippen LogP contribution in [0.25, 0.3) is 0 Å². The lowest BCUT2D eigenvalue weighted by atomic mass is 10.3. The summed E-state index contributed by atoms with van der Waals surface area (Å²) in [5.74, 6) is 0. The second-order valence-corrected chi connectivity index (χ2v) is 3.08. The fourth-order valence-corrected chi connectivity index (χ4v) is 1.50. The molecule has 0 saturated heterocycles. The van der Waals surface area contributed by atoms with Gasteiger partial charge in [-0.3, -0.25) is 0 Å². The maximum atomic E-state index is 12.7. The van der Waals surface area contributed by atoms with Gasteiger partial charge in [0, 0.05) is 19.3 Å². The van der Waals surface area contributed by atoms with Crippen LogP contribution in [0.1, 0.15) is 6.92 Å².